The predicted molar refractivity (Wildman–Crippen MR) is 189 cm³/mol. The number of hydrogen-bond acceptors (Lipinski definition) is 11. The minimum atomic E-state index is -2.04. The van der Waals surface area contributed by atoms with Gasteiger partial charge in [0, 0.05) is 42.0 Å². The normalized spacial score (nSPS) is 21.0. The molecule has 13 nitrogen and oxygen atoms in total. The van der Waals surface area contributed by atoms with Gasteiger partial charge in [0.25, 0.3) is 5.56 Å². The van der Waals surface area contributed by atoms with Crippen molar-refractivity contribution in [1.82, 2.24) is 9.97 Å². The molecule has 4 heterocycles. The summed E-state index contributed by atoms with van der Waals surface area (Å²) in [6.07, 6.45) is 1.60. The lowest BCUT2D eigenvalue weighted by Gasteiger charge is -2.42. The molecule has 0 radical (unpaired) electrons. The molecule has 3 aliphatic heterocycles. The largest absolute Gasteiger partial charge is 0.496 e. The summed E-state index contributed by atoms with van der Waals surface area (Å²) in [5.41, 5.74) is -0.0789. The molecule has 1 spiro atoms. The highest BCUT2D eigenvalue weighted by Gasteiger charge is 2.63. The number of aromatic nitrogens is 2. The summed E-state index contributed by atoms with van der Waals surface area (Å²) in [5.74, 6) is -0.873. The third-order valence-electron chi connectivity index (χ3n) is 10.3. The summed E-state index contributed by atoms with van der Waals surface area (Å²) >= 11 is 6.66. The van der Waals surface area contributed by atoms with Crippen molar-refractivity contribution < 1.29 is 38.0 Å². The van der Waals surface area contributed by atoms with Crippen LogP contribution in [0.3, 0.4) is 0 Å². The minimum absolute atomic E-state index is 0.0196. The summed E-state index contributed by atoms with van der Waals surface area (Å²) in [5, 5.41) is 3.14. The van der Waals surface area contributed by atoms with Crippen LogP contribution in [0.25, 0.3) is 0 Å². The Labute approximate surface area is 301 Å². The molecular weight excluding hydrogens is 694 g/mol. The number of Topliss-reactive ketones (excluding diaryl/α,β-unsaturated/α-hetero) is 2. The summed E-state index contributed by atoms with van der Waals surface area (Å²) in [7, 11) is 4.32. The van der Waals surface area contributed by atoms with E-state index in [0.29, 0.717) is 42.4 Å². The minimum Gasteiger partial charge on any atom is -0.496 e. The summed E-state index contributed by atoms with van der Waals surface area (Å²) < 4.78 is 34.9. The van der Waals surface area contributed by atoms with E-state index in [9.17, 15) is 14.4 Å². The van der Waals surface area contributed by atoms with Crippen LogP contribution in [-0.2, 0) is 17.6 Å². The van der Waals surface area contributed by atoms with Crippen molar-refractivity contribution in [2.24, 2.45) is 5.92 Å². The van der Waals surface area contributed by atoms with Crippen molar-refractivity contribution in [2.45, 2.75) is 37.7 Å². The first-order chi connectivity index (χ1) is 25.1. The van der Waals surface area contributed by atoms with Crippen LogP contribution in [0.15, 0.2) is 63.3 Å². The number of anilines is 1. The van der Waals surface area contributed by atoms with Gasteiger partial charge < -0.3 is 33.7 Å². The van der Waals surface area contributed by atoms with Crippen molar-refractivity contribution in [3.05, 3.63) is 107 Å². The molecular formula is C38H34ClN3O10. The van der Waals surface area contributed by atoms with E-state index in [1.165, 1.54) is 27.4 Å². The molecule has 52 heavy (non-hydrogen) atoms. The van der Waals surface area contributed by atoms with Crippen LogP contribution in [0.2, 0.25) is 5.02 Å². The molecule has 3 atom stereocenters. The monoisotopic (exact) mass is 727 g/mol. The van der Waals surface area contributed by atoms with Crippen molar-refractivity contribution >= 4 is 29.0 Å². The number of hydrogen-bond donors (Lipinski definition) is 3. The molecule has 1 aliphatic carbocycles. The van der Waals surface area contributed by atoms with Gasteiger partial charge >= 0.3 is 5.69 Å². The molecule has 4 aromatic rings. The molecule has 14 heteroatoms. The quantitative estimate of drug-likeness (QED) is 0.215. The zero-order valence-electron chi connectivity index (χ0n) is 28.7. The SMILES string of the molecule is COc1ccc(C2C3=C(C[C@@H](C)[C@]4(Oc5c(Cl)c(OC)cc(OC)c5C4=O)C3=O)Nc3[nH]c(=O)[nH]c(=O)c32)cc1OCCc1ccc2c(c1)CCO2. The molecule has 0 saturated carbocycles. The molecule has 3 N–H and O–H groups in total. The Balaban J connectivity index is 1.21. The third-order valence-corrected chi connectivity index (χ3v) is 10.6. The first-order valence-electron chi connectivity index (χ1n) is 16.7. The fraction of sp³-hybridized carbons (Fsp3) is 0.316. The smallest absolute Gasteiger partial charge is 0.327 e. The second-order valence-electron chi connectivity index (χ2n) is 13.1. The number of carbonyl (C=O) groups is 2. The van der Waals surface area contributed by atoms with Gasteiger partial charge in [-0.1, -0.05) is 36.7 Å². The van der Waals surface area contributed by atoms with E-state index < -0.39 is 40.3 Å². The molecule has 268 valence electrons. The number of ketones is 2. The lowest BCUT2D eigenvalue weighted by atomic mass is 9.66. The first kappa shape index (κ1) is 33.5. The van der Waals surface area contributed by atoms with E-state index in [-0.39, 0.29) is 51.2 Å². The number of rotatable bonds is 8. The maximum absolute atomic E-state index is 15.1. The Hall–Kier alpha value is -5.69. The summed E-state index contributed by atoms with van der Waals surface area (Å²) in [6, 6.07) is 12.7. The summed E-state index contributed by atoms with van der Waals surface area (Å²) in [4.78, 5) is 60.7. The average Bonchev–Trinajstić information content (AvgIpc) is 3.73. The van der Waals surface area contributed by atoms with E-state index in [2.05, 4.69) is 21.4 Å². The van der Waals surface area contributed by atoms with Crippen molar-refractivity contribution in [1.29, 1.82) is 0 Å². The Morgan fingerprint density at radius 3 is 2.46 bits per heavy atom. The molecule has 0 amide bonds. The molecule has 3 aromatic carbocycles. The van der Waals surface area contributed by atoms with Crippen molar-refractivity contribution in [3.8, 4) is 34.5 Å². The van der Waals surface area contributed by atoms with E-state index in [1.807, 2.05) is 12.1 Å². The van der Waals surface area contributed by atoms with Crippen LogP contribution >= 0.6 is 11.6 Å². The van der Waals surface area contributed by atoms with Gasteiger partial charge in [-0.25, -0.2) is 4.79 Å². The lowest BCUT2D eigenvalue weighted by molar-refractivity contribution is -0.130. The number of ether oxygens (including phenoxy) is 6. The van der Waals surface area contributed by atoms with Crippen LogP contribution in [0.5, 0.6) is 34.5 Å². The highest BCUT2D eigenvalue weighted by Crippen LogP contribution is 2.56. The fourth-order valence-corrected chi connectivity index (χ4v) is 8.04. The third kappa shape index (κ3) is 4.97. The van der Waals surface area contributed by atoms with Crippen molar-refractivity contribution in [2.75, 3.05) is 39.9 Å². The highest BCUT2D eigenvalue weighted by molar-refractivity contribution is 6.36. The van der Waals surface area contributed by atoms with Gasteiger partial charge in [-0.05, 0) is 41.3 Å². The Morgan fingerprint density at radius 1 is 0.904 bits per heavy atom. The Bertz CT molecular complexity index is 2350. The van der Waals surface area contributed by atoms with Crippen LogP contribution in [0, 0.1) is 5.92 Å². The molecule has 8 rings (SSSR count). The molecule has 0 fully saturated rings. The molecule has 1 aromatic heterocycles. The molecule has 1 unspecified atom stereocenters. The van der Waals surface area contributed by atoms with Gasteiger partial charge in [-0.2, -0.15) is 0 Å². The van der Waals surface area contributed by atoms with Crippen LogP contribution in [-0.4, -0.2) is 61.7 Å². The number of benzene rings is 3. The van der Waals surface area contributed by atoms with Gasteiger partial charge in [0.1, 0.15) is 33.7 Å². The van der Waals surface area contributed by atoms with Gasteiger partial charge in [0.05, 0.1) is 40.1 Å². The van der Waals surface area contributed by atoms with E-state index in [0.717, 1.165) is 23.3 Å². The zero-order valence-corrected chi connectivity index (χ0v) is 29.4. The Morgan fingerprint density at radius 2 is 1.69 bits per heavy atom. The predicted octanol–water partition coefficient (Wildman–Crippen LogP) is 4.73. The van der Waals surface area contributed by atoms with E-state index >= 15 is 4.79 Å². The zero-order chi connectivity index (χ0) is 36.5. The number of allylic oxidation sites excluding steroid dienone is 1. The number of nitrogens with one attached hydrogen (secondary N) is 3. The van der Waals surface area contributed by atoms with Gasteiger partial charge in [-0.3, -0.25) is 24.4 Å². The van der Waals surface area contributed by atoms with Crippen molar-refractivity contribution in [3.63, 3.8) is 0 Å². The second kappa shape index (κ2) is 12.5. The van der Waals surface area contributed by atoms with Crippen LogP contribution in [0.4, 0.5) is 5.82 Å². The number of aromatic amines is 2. The number of carbonyl (C=O) groups excluding carboxylic acids is 2. The standard InChI is InChI=1S/C38H34ClN3O10/c1-17-13-21-28(33(43)38(17)34(44)29-25(48-3)16-26(49-4)31(39)32(29)52-38)27(30-35(40-21)41-37(46)42-36(30)45)20-6-8-23(47-2)24(15-20)51-11-9-18-5-7-22-19(14-18)10-12-50-22/h5-8,14-17,27H,9-13H2,1-4H3,(H3,40,41,42,45,46)/t17-,27?,38+/m1/s1. The fourth-order valence-electron chi connectivity index (χ4n) is 7.78. The van der Waals surface area contributed by atoms with E-state index in [4.69, 9.17) is 40.0 Å². The number of H-pyrrole nitrogens is 2. The summed E-state index contributed by atoms with van der Waals surface area (Å²) in [6.45, 7) is 2.69. The molecule has 0 bridgehead atoms. The first-order valence-corrected chi connectivity index (χ1v) is 17.1. The van der Waals surface area contributed by atoms with Gasteiger partial charge in [0.2, 0.25) is 17.2 Å². The van der Waals surface area contributed by atoms with Crippen LogP contribution < -0.4 is 45.0 Å². The Kier molecular flexibility index (Phi) is 8.05. The number of methoxy groups -OCH3 is 3. The maximum Gasteiger partial charge on any atom is 0.327 e. The number of halogens is 1. The molecule has 4 aliphatic rings. The maximum atomic E-state index is 15.1. The average molecular weight is 728 g/mol. The highest BCUT2D eigenvalue weighted by atomic mass is 35.5. The van der Waals surface area contributed by atoms with Crippen LogP contribution in [0.1, 0.15) is 51.9 Å². The second-order valence-corrected chi connectivity index (χ2v) is 13.5. The van der Waals surface area contributed by atoms with Gasteiger partial charge in [0.15, 0.2) is 17.2 Å². The molecule has 0 saturated heterocycles. The van der Waals surface area contributed by atoms with E-state index in [1.54, 1.807) is 25.1 Å². The lowest BCUT2D eigenvalue weighted by Crippen LogP contribution is -2.58. The number of fused-ring (bicyclic) bond motifs is 3. The van der Waals surface area contributed by atoms with Gasteiger partial charge in [-0.15, -0.1) is 0 Å². The topological polar surface area (TPSA) is 167 Å².